The van der Waals surface area contributed by atoms with E-state index in [0.717, 1.165) is 5.56 Å². The third-order valence-corrected chi connectivity index (χ3v) is 5.74. The number of hydrogen-bond donors (Lipinski definition) is 5. The molecule has 4 rings (SSSR count). The molecule has 32 heavy (non-hydrogen) atoms. The van der Waals surface area contributed by atoms with Crippen molar-refractivity contribution < 1.29 is 24.9 Å². The van der Waals surface area contributed by atoms with Gasteiger partial charge in [0.15, 0.2) is 6.10 Å². The normalized spacial score (nSPS) is 20.3. The van der Waals surface area contributed by atoms with Gasteiger partial charge in [-0.25, -0.2) is 4.98 Å². The maximum absolute atomic E-state index is 12.9. The van der Waals surface area contributed by atoms with E-state index < -0.39 is 36.2 Å². The van der Waals surface area contributed by atoms with E-state index in [4.69, 9.17) is 11.6 Å². The number of nitrogens with zero attached hydrogens (tertiary/aromatic N) is 2. The van der Waals surface area contributed by atoms with Crippen molar-refractivity contribution in [3.63, 3.8) is 0 Å². The average Bonchev–Trinajstić information content (AvgIpc) is 3.35. The van der Waals surface area contributed by atoms with Crippen molar-refractivity contribution in [1.82, 2.24) is 20.2 Å². The summed E-state index contributed by atoms with van der Waals surface area (Å²) in [7, 11) is 0. The van der Waals surface area contributed by atoms with Crippen molar-refractivity contribution in [3.05, 3.63) is 65.1 Å². The Morgan fingerprint density at radius 2 is 1.88 bits per heavy atom. The Bertz CT molecular complexity index is 1110. The van der Waals surface area contributed by atoms with Gasteiger partial charge in [0.05, 0.1) is 30.0 Å². The van der Waals surface area contributed by atoms with Crippen LogP contribution in [0.1, 0.15) is 16.1 Å². The number of carbonyl (C=O) groups is 2. The zero-order valence-corrected chi connectivity index (χ0v) is 17.7. The van der Waals surface area contributed by atoms with Gasteiger partial charge in [-0.05, 0) is 24.1 Å². The van der Waals surface area contributed by atoms with E-state index in [0.29, 0.717) is 16.1 Å². The van der Waals surface area contributed by atoms with Gasteiger partial charge in [0.2, 0.25) is 0 Å². The lowest BCUT2D eigenvalue weighted by atomic mass is 10.00. The number of aromatic amines is 1. The highest BCUT2D eigenvalue weighted by molar-refractivity contribution is 6.30. The Morgan fingerprint density at radius 3 is 2.56 bits per heavy atom. The Labute approximate surface area is 188 Å². The number of aromatic nitrogens is 2. The quantitative estimate of drug-likeness (QED) is 0.340. The van der Waals surface area contributed by atoms with Crippen LogP contribution in [0.4, 0.5) is 0 Å². The van der Waals surface area contributed by atoms with Gasteiger partial charge in [0.1, 0.15) is 10.8 Å². The fraction of sp³-hybridized carbons (Fsp3) is 0.318. The highest BCUT2D eigenvalue weighted by Gasteiger charge is 2.38. The molecule has 0 radical (unpaired) electrons. The van der Waals surface area contributed by atoms with E-state index >= 15 is 0 Å². The number of fused-ring (bicyclic) bond motifs is 1. The van der Waals surface area contributed by atoms with Crippen molar-refractivity contribution >= 4 is 34.3 Å². The van der Waals surface area contributed by atoms with Crippen LogP contribution in [-0.4, -0.2) is 79.4 Å². The number of aliphatic hydroxyl groups is 3. The van der Waals surface area contributed by atoms with Crippen LogP contribution in [0.25, 0.3) is 10.9 Å². The van der Waals surface area contributed by atoms with Crippen molar-refractivity contribution in [3.8, 4) is 0 Å². The number of likely N-dealkylation sites (tertiary alicyclic amines) is 1. The molecule has 0 aliphatic carbocycles. The number of benzene rings is 1. The molecule has 5 N–H and O–H groups in total. The molecular weight excluding hydrogens is 436 g/mol. The fourth-order valence-corrected chi connectivity index (χ4v) is 3.96. The van der Waals surface area contributed by atoms with Crippen molar-refractivity contribution in [2.75, 3.05) is 13.1 Å². The maximum atomic E-state index is 12.9. The summed E-state index contributed by atoms with van der Waals surface area (Å²) in [6.45, 7) is -0.169. The molecule has 9 nitrogen and oxygen atoms in total. The van der Waals surface area contributed by atoms with Crippen LogP contribution in [0.2, 0.25) is 5.15 Å². The summed E-state index contributed by atoms with van der Waals surface area (Å²) < 4.78 is 0. The first-order valence-corrected chi connectivity index (χ1v) is 10.5. The molecule has 1 aliphatic rings. The van der Waals surface area contributed by atoms with Gasteiger partial charge in [-0.15, -0.1) is 0 Å². The molecule has 0 spiro atoms. The Balaban J connectivity index is 1.55. The minimum absolute atomic E-state index is 0.0845. The summed E-state index contributed by atoms with van der Waals surface area (Å²) in [5, 5.41) is 34.1. The molecule has 3 aromatic rings. The number of aliphatic hydroxyl groups excluding tert-OH is 3. The molecule has 0 saturated carbocycles. The summed E-state index contributed by atoms with van der Waals surface area (Å²) in [4.78, 5) is 33.9. The Morgan fingerprint density at radius 1 is 1.19 bits per heavy atom. The van der Waals surface area contributed by atoms with Gasteiger partial charge in [-0.2, -0.15) is 0 Å². The van der Waals surface area contributed by atoms with E-state index in [9.17, 15) is 24.9 Å². The topological polar surface area (TPSA) is 139 Å². The number of β-amino-alcohol motifs (C(OH)–C–C–N with tert-alkyl or cyclic N) is 2. The van der Waals surface area contributed by atoms with Crippen molar-refractivity contribution in [2.45, 2.75) is 30.8 Å². The zero-order valence-electron chi connectivity index (χ0n) is 17.0. The van der Waals surface area contributed by atoms with Gasteiger partial charge in [0, 0.05) is 18.5 Å². The Kier molecular flexibility index (Phi) is 6.43. The molecule has 1 aromatic carbocycles. The summed E-state index contributed by atoms with van der Waals surface area (Å²) in [6, 6.07) is 11.4. The largest absolute Gasteiger partial charge is 0.388 e. The first kappa shape index (κ1) is 22.2. The minimum Gasteiger partial charge on any atom is -0.388 e. The summed E-state index contributed by atoms with van der Waals surface area (Å²) in [6.07, 6.45) is -2.00. The number of carbonyl (C=O) groups excluding carboxylic acids is 2. The van der Waals surface area contributed by atoms with Crippen LogP contribution < -0.4 is 5.32 Å². The molecule has 2 amide bonds. The van der Waals surface area contributed by atoms with E-state index in [-0.39, 0.29) is 25.2 Å². The van der Waals surface area contributed by atoms with Crippen LogP contribution in [0.15, 0.2) is 48.7 Å². The summed E-state index contributed by atoms with van der Waals surface area (Å²) >= 11 is 5.90. The molecule has 0 bridgehead atoms. The highest BCUT2D eigenvalue weighted by atomic mass is 35.5. The second-order valence-corrected chi connectivity index (χ2v) is 8.26. The van der Waals surface area contributed by atoms with Crippen LogP contribution >= 0.6 is 11.6 Å². The second kappa shape index (κ2) is 9.25. The smallest absolute Gasteiger partial charge is 0.268 e. The van der Waals surface area contributed by atoms with E-state index in [1.54, 1.807) is 12.1 Å². The molecule has 1 fully saturated rings. The molecule has 168 valence electrons. The first-order chi connectivity index (χ1) is 15.3. The summed E-state index contributed by atoms with van der Waals surface area (Å²) in [5.41, 5.74) is 1.67. The van der Waals surface area contributed by atoms with Crippen LogP contribution in [0.5, 0.6) is 0 Å². The monoisotopic (exact) mass is 458 g/mol. The number of amides is 2. The van der Waals surface area contributed by atoms with Crippen molar-refractivity contribution in [1.29, 1.82) is 0 Å². The van der Waals surface area contributed by atoms with E-state index in [1.807, 2.05) is 30.3 Å². The number of H-pyrrole nitrogens is 1. The molecule has 10 heteroatoms. The molecule has 1 saturated heterocycles. The van der Waals surface area contributed by atoms with E-state index in [2.05, 4.69) is 15.3 Å². The van der Waals surface area contributed by atoms with Gasteiger partial charge >= 0.3 is 0 Å². The third-order valence-electron chi connectivity index (χ3n) is 5.54. The molecule has 4 atom stereocenters. The van der Waals surface area contributed by atoms with Crippen molar-refractivity contribution in [2.24, 2.45) is 0 Å². The van der Waals surface area contributed by atoms with Gasteiger partial charge < -0.3 is 30.5 Å². The highest BCUT2D eigenvalue weighted by Crippen LogP contribution is 2.19. The molecular formula is C22H23ClN4O5. The van der Waals surface area contributed by atoms with Crippen LogP contribution in [0.3, 0.4) is 0 Å². The van der Waals surface area contributed by atoms with Gasteiger partial charge in [-0.3, -0.25) is 9.59 Å². The predicted molar refractivity (Wildman–Crippen MR) is 117 cm³/mol. The number of pyridine rings is 1. The lowest BCUT2D eigenvalue weighted by molar-refractivity contribution is -0.141. The molecule has 0 unspecified atom stereocenters. The van der Waals surface area contributed by atoms with Gasteiger partial charge in [0.25, 0.3) is 11.8 Å². The summed E-state index contributed by atoms with van der Waals surface area (Å²) in [5.74, 6) is -1.18. The van der Waals surface area contributed by atoms with Gasteiger partial charge in [-0.1, -0.05) is 41.9 Å². The first-order valence-electron chi connectivity index (χ1n) is 10.1. The fourth-order valence-electron chi connectivity index (χ4n) is 3.79. The number of nitrogens with one attached hydrogen (secondary N) is 2. The Hall–Kier alpha value is -2.98. The molecule has 3 heterocycles. The average molecular weight is 459 g/mol. The van der Waals surface area contributed by atoms with Crippen LogP contribution in [0, 0.1) is 0 Å². The number of halogens is 1. The SMILES string of the molecule is O=C(N[C@@H](Cc1ccccc1)[C@H](O)C(=O)N1C[C@@H](O)[C@@H](O)C1)c1cc2cc(Cl)ncc2[nH]1. The lowest BCUT2D eigenvalue weighted by Crippen LogP contribution is -2.52. The second-order valence-electron chi connectivity index (χ2n) is 7.87. The molecule has 1 aliphatic heterocycles. The number of hydrogen-bond acceptors (Lipinski definition) is 6. The molecule has 2 aromatic heterocycles. The maximum Gasteiger partial charge on any atom is 0.268 e. The lowest BCUT2D eigenvalue weighted by Gasteiger charge is -2.27. The van der Waals surface area contributed by atoms with E-state index in [1.165, 1.54) is 11.1 Å². The van der Waals surface area contributed by atoms with Crippen LogP contribution in [-0.2, 0) is 11.2 Å². The standard InChI is InChI=1S/C22H23ClN4O5/c23-19-8-13-7-15(25-16(13)9-24-19)21(31)26-14(6-12-4-2-1-3-5-12)20(30)22(32)27-10-17(28)18(29)11-27/h1-5,7-9,14,17-18,20,25,28-30H,6,10-11H2,(H,26,31)/t14-,17-,18+,20-/m0/s1. The predicted octanol–water partition coefficient (Wildman–Crippen LogP) is 0.482. The number of rotatable bonds is 6. The zero-order chi connectivity index (χ0) is 22.8. The minimum atomic E-state index is -1.57. The third kappa shape index (κ3) is 4.76.